The van der Waals surface area contributed by atoms with E-state index in [1.807, 2.05) is 0 Å². The number of unbranched alkanes of at least 4 members (excludes halogenated alkanes) is 9. The molecule has 0 saturated heterocycles. The molecule has 4 N–H and O–H groups in total. The van der Waals surface area contributed by atoms with E-state index >= 15 is 0 Å². The summed E-state index contributed by atoms with van der Waals surface area (Å²) < 4.78 is 0. The fourth-order valence-corrected chi connectivity index (χ4v) is 12.2. The number of fused-ring (bicyclic) bond motifs is 5. The summed E-state index contributed by atoms with van der Waals surface area (Å²) in [6.45, 7) is 16.0. The Morgan fingerprint density at radius 3 is 1.85 bits per heavy atom. The average Bonchev–Trinajstić information content (AvgIpc) is 3.48. The summed E-state index contributed by atoms with van der Waals surface area (Å²) >= 11 is 0. The molecule has 0 heterocycles. The van der Waals surface area contributed by atoms with Crippen LogP contribution in [0.4, 0.5) is 0 Å². The van der Waals surface area contributed by atoms with Crippen molar-refractivity contribution in [3.05, 3.63) is 11.6 Å². The standard InChI is InChI=1S/C45H80O3.C3H6O3.Na.H/c1-7-8-9-15-21-37(46)22-16-13-11-10-12-14-17-23-38(43(47)48)35-28-30-44(5)36(32-35)24-25-39-41-27-26-40(34(4)20-18-19-33(2)3)45(41,6)31-29-42(39)44;1-2(4)3(5)6;;/h24,33-35,37-42,46H,7-23,25-32H2,1-6H3,(H,47,48);2,4H,1H3,(H,5,6);;/t34-,35+,37?,38?,39+,40-,41+,42+,44+,45-;;;/m1.../s1. The van der Waals surface area contributed by atoms with Crippen LogP contribution in [0.15, 0.2) is 11.6 Å². The van der Waals surface area contributed by atoms with Gasteiger partial charge in [-0.3, -0.25) is 4.79 Å². The molecule has 0 spiro atoms. The SMILES string of the molecule is CC(O)C(=O)O.CCCCCCC(O)CCCCCCCCCC(C(=O)O)[C@H]1CC[C@@]2(C)C(=CC[C@H]3[C@@H]4CC[C@H]([C@H](C)CCCC(C)C)[C@@]4(C)CC[C@@H]32)C1.[NaH]. The number of carboxylic acid groups (broad SMARTS) is 2. The number of hydrogen-bond acceptors (Lipinski definition) is 4. The zero-order valence-corrected chi connectivity index (χ0v) is 36.1. The fourth-order valence-electron chi connectivity index (χ4n) is 12.2. The zero-order chi connectivity index (χ0) is 39.9. The first-order chi connectivity index (χ1) is 25.6. The van der Waals surface area contributed by atoms with Crippen LogP contribution in [-0.4, -0.2) is 74.1 Å². The first kappa shape index (κ1) is 50.7. The van der Waals surface area contributed by atoms with Crippen LogP contribution >= 0.6 is 0 Å². The minimum absolute atomic E-state index is 0. The predicted molar refractivity (Wildman–Crippen MR) is 230 cm³/mol. The van der Waals surface area contributed by atoms with E-state index in [4.69, 9.17) is 10.2 Å². The molecule has 4 aliphatic carbocycles. The molecular weight excluding hydrogens is 696 g/mol. The molecule has 0 radical (unpaired) electrons. The predicted octanol–water partition coefficient (Wildman–Crippen LogP) is 12.0. The van der Waals surface area contributed by atoms with Crippen LogP contribution < -0.4 is 0 Å². The van der Waals surface area contributed by atoms with Crippen LogP contribution in [-0.2, 0) is 9.59 Å². The monoisotopic (exact) mass is 783 g/mol. The third-order valence-electron chi connectivity index (χ3n) is 15.5. The summed E-state index contributed by atoms with van der Waals surface area (Å²) in [6.07, 6.45) is 31.9. The van der Waals surface area contributed by atoms with Gasteiger partial charge in [0.05, 0.1) is 12.0 Å². The Hall–Kier alpha value is -0.400. The van der Waals surface area contributed by atoms with Crippen molar-refractivity contribution in [1.82, 2.24) is 0 Å². The van der Waals surface area contributed by atoms with Gasteiger partial charge in [-0.25, -0.2) is 4.79 Å². The molecule has 55 heavy (non-hydrogen) atoms. The topological polar surface area (TPSA) is 115 Å². The van der Waals surface area contributed by atoms with Gasteiger partial charge >= 0.3 is 41.5 Å². The van der Waals surface area contributed by atoms with Crippen molar-refractivity contribution in [3.8, 4) is 0 Å². The van der Waals surface area contributed by atoms with Crippen molar-refractivity contribution in [3.63, 3.8) is 0 Å². The Morgan fingerprint density at radius 2 is 1.29 bits per heavy atom. The second-order valence-electron chi connectivity index (χ2n) is 19.8. The van der Waals surface area contributed by atoms with Crippen LogP contribution in [0, 0.1) is 58.2 Å². The maximum absolute atomic E-state index is 12.6. The van der Waals surface area contributed by atoms with E-state index in [1.165, 1.54) is 116 Å². The molecule has 0 aromatic rings. The summed E-state index contributed by atoms with van der Waals surface area (Å²) in [4.78, 5) is 22.0. The normalized spacial score (nSPS) is 30.7. The van der Waals surface area contributed by atoms with Crippen molar-refractivity contribution >= 4 is 41.5 Å². The summed E-state index contributed by atoms with van der Waals surface area (Å²) in [6, 6.07) is 0. The molecular formula is C48H87NaO6. The first-order valence-corrected chi connectivity index (χ1v) is 23.2. The van der Waals surface area contributed by atoms with Gasteiger partial charge in [-0.15, -0.1) is 0 Å². The maximum atomic E-state index is 12.6. The van der Waals surface area contributed by atoms with Crippen LogP contribution in [0.1, 0.15) is 209 Å². The number of carboxylic acids is 2. The average molecular weight is 783 g/mol. The van der Waals surface area contributed by atoms with Crippen molar-refractivity contribution in [2.45, 2.75) is 221 Å². The Morgan fingerprint density at radius 1 is 0.709 bits per heavy atom. The molecule has 7 heteroatoms. The fraction of sp³-hybridized carbons (Fsp3) is 0.917. The van der Waals surface area contributed by atoms with Gasteiger partial charge in [-0.05, 0) is 130 Å². The molecule has 0 aliphatic heterocycles. The molecule has 0 bridgehead atoms. The number of rotatable bonds is 23. The zero-order valence-electron chi connectivity index (χ0n) is 36.1. The van der Waals surface area contributed by atoms with Gasteiger partial charge in [0.1, 0.15) is 6.10 Å². The molecule has 4 rings (SSSR count). The molecule has 6 nitrogen and oxygen atoms in total. The second-order valence-corrected chi connectivity index (χ2v) is 19.8. The molecule has 316 valence electrons. The molecule has 3 saturated carbocycles. The van der Waals surface area contributed by atoms with Gasteiger partial charge in [0, 0.05) is 0 Å². The second kappa shape index (κ2) is 25.3. The number of aliphatic hydroxyl groups is 2. The van der Waals surface area contributed by atoms with Gasteiger partial charge < -0.3 is 20.4 Å². The molecule has 0 aromatic heterocycles. The van der Waals surface area contributed by atoms with E-state index in [9.17, 15) is 19.8 Å². The summed E-state index contributed by atoms with van der Waals surface area (Å²) in [5.41, 5.74) is 2.48. The summed E-state index contributed by atoms with van der Waals surface area (Å²) in [5, 5.41) is 36.3. The number of aliphatic carboxylic acids is 2. The molecule has 3 fully saturated rings. The van der Waals surface area contributed by atoms with E-state index in [0.29, 0.717) is 16.7 Å². The molecule has 4 aliphatic rings. The van der Waals surface area contributed by atoms with Crippen molar-refractivity contribution in [2.75, 3.05) is 0 Å². The van der Waals surface area contributed by atoms with E-state index in [-0.39, 0.29) is 41.6 Å². The van der Waals surface area contributed by atoms with Crippen LogP contribution in [0.5, 0.6) is 0 Å². The Labute approximate surface area is 360 Å². The van der Waals surface area contributed by atoms with E-state index in [0.717, 1.165) is 86.9 Å². The van der Waals surface area contributed by atoms with Crippen LogP contribution in [0.25, 0.3) is 0 Å². The first-order valence-electron chi connectivity index (χ1n) is 23.2. The Kier molecular flexibility index (Phi) is 23.3. The quantitative estimate of drug-likeness (QED) is 0.0466. The third kappa shape index (κ3) is 15.0. The van der Waals surface area contributed by atoms with Crippen molar-refractivity contribution in [2.24, 2.45) is 58.2 Å². The van der Waals surface area contributed by atoms with Gasteiger partial charge in [0.2, 0.25) is 0 Å². The van der Waals surface area contributed by atoms with E-state index in [1.54, 1.807) is 5.57 Å². The van der Waals surface area contributed by atoms with Gasteiger partial charge in [0.25, 0.3) is 0 Å². The molecule has 3 unspecified atom stereocenters. The van der Waals surface area contributed by atoms with Crippen LogP contribution in [0.3, 0.4) is 0 Å². The summed E-state index contributed by atoms with van der Waals surface area (Å²) in [7, 11) is 0. The van der Waals surface area contributed by atoms with Gasteiger partial charge in [-0.2, -0.15) is 0 Å². The molecule has 0 amide bonds. The number of hydrogen-bond donors (Lipinski definition) is 4. The van der Waals surface area contributed by atoms with Crippen molar-refractivity contribution < 1.29 is 30.0 Å². The number of allylic oxidation sites excluding steroid dienone is 2. The van der Waals surface area contributed by atoms with Crippen molar-refractivity contribution in [1.29, 1.82) is 0 Å². The molecule has 11 atom stereocenters. The summed E-state index contributed by atoms with van der Waals surface area (Å²) in [5.74, 6) is 3.56. The van der Waals surface area contributed by atoms with E-state index < -0.39 is 18.0 Å². The number of carbonyl (C=O) groups is 2. The molecule has 0 aromatic carbocycles. The van der Waals surface area contributed by atoms with Gasteiger partial charge in [0.15, 0.2) is 0 Å². The van der Waals surface area contributed by atoms with E-state index in [2.05, 4.69) is 47.6 Å². The minimum atomic E-state index is -1.23. The van der Waals surface area contributed by atoms with Gasteiger partial charge in [-0.1, -0.05) is 143 Å². The number of aliphatic hydroxyl groups excluding tert-OH is 2. The van der Waals surface area contributed by atoms with Crippen LogP contribution in [0.2, 0.25) is 0 Å². The Bertz CT molecular complexity index is 1140. The Balaban J connectivity index is 0.00000138. The third-order valence-corrected chi connectivity index (χ3v) is 15.5.